The molecule has 0 amide bonds. The summed E-state index contributed by atoms with van der Waals surface area (Å²) in [7, 11) is 0. The first-order chi connectivity index (χ1) is 8.63. The van der Waals surface area contributed by atoms with E-state index in [-0.39, 0.29) is 6.04 Å². The second-order valence-corrected chi connectivity index (χ2v) is 4.45. The number of nitrogens with two attached hydrogens (primary N) is 1. The number of pyridine rings is 1. The summed E-state index contributed by atoms with van der Waals surface area (Å²) in [6, 6.07) is 3.97. The van der Waals surface area contributed by atoms with Crippen LogP contribution in [0.1, 0.15) is 35.4 Å². The Morgan fingerprint density at radius 1 is 1.44 bits per heavy atom. The zero-order valence-electron chi connectivity index (χ0n) is 11.0. The van der Waals surface area contributed by atoms with Crippen molar-refractivity contribution in [3.05, 3.63) is 47.0 Å². The maximum atomic E-state index is 5.98. The van der Waals surface area contributed by atoms with E-state index in [2.05, 4.69) is 23.3 Å². The third-order valence-corrected chi connectivity index (χ3v) is 2.97. The summed E-state index contributed by atoms with van der Waals surface area (Å²) >= 11 is 0. The van der Waals surface area contributed by atoms with E-state index in [1.807, 2.05) is 19.9 Å². The Labute approximate surface area is 107 Å². The highest BCUT2D eigenvalue weighted by Crippen LogP contribution is 2.28. The van der Waals surface area contributed by atoms with Crippen molar-refractivity contribution in [1.29, 1.82) is 0 Å². The first kappa shape index (κ1) is 12.6. The predicted molar refractivity (Wildman–Crippen MR) is 72.4 cm³/mol. The maximum Gasteiger partial charge on any atom is 0.128 e. The van der Waals surface area contributed by atoms with Crippen LogP contribution in [-0.4, -0.2) is 11.5 Å². The van der Waals surface area contributed by atoms with Gasteiger partial charge >= 0.3 is 0 Å². The molecule has 18 heavy (non-hydrogen) atoms. The molecular weight excluding hydrogens is 226 g/mol. The average molecular weight is 245 g/mol. The summed E-state index contributed by atoms with van der Waals surface area (Å²) in [5, 5.41) is 3.40. The smallest absolute Gasteiger partial charge is 0.128 e. The average Bonchev–Trinajstić information content (AvgIpc) is 2.76. The molecule has 0 aliphatic heterocycles. The van der Waals surface area contributed by atoms with E-state index in [4.69, 9.17) is 10.2 Å². The third kappa shape index (κ3) is 2.38. The second kappa shape index (κ2) is 5.23. The molecule has 4 heteroatoms. The third-order valence-electron chi connectivity index (χ3n) is 2.97. The first-order valence-electron chi connectivity index (χ1n) is 6.13. The second-order valence-electron chi connectivity index (χ2n) is 4.45. The van der Waals surface area contributed by atoms with E-state index < -0.39 is 0 Å². The molecular formula is C14H19N3O. The number of hydrogen-bond donors (Lipinski definition) is 2. The number of rotatable bonds is 4. The normalized spacial score (nSPS) is 12.6. The SMILES string of the molecule is CCNC(c1cc(C)cnc1N)c1occc1C. The summed E-state index contributed by atoms with van der Waals surface area (Å²) in [6.45, 7) is 6.93. The summed E-state index contributed by atoms with van der Waals surface area (Å²) < 4.78 is 5.58. The fourth-order valence-corrected chi connectivity index (χ4v) is 2.06. The minimum absolute atomic E-state index is 0.0441. The highest BCUT2D eigenvalue weighted by atomic mass is 16.3. The molecule has 0 aliphatic carbocycles. The monoisotopic (exact) mass is 245 g/mol. The van der Waals surface area contributed by atoms with Gasteiger partial charge in [-0.25, -0.2) is 4.98 Å². The number of hydrogen-bond acceptors (Lipinski definition) is 4. The maximum absolute atomic E-state index is 5.98. The number of aryl methyl sites for hydroxylation is 2. The van der Waals surface area contributed by atoms with Crippen LogP contribution in [-0.2, 0) is 0 Å². The van der Waals surface area contributed by atoms with Crippen molar-refractivity contribution < 1.29 is 4.42 Å². The van der Waals surface area contributed by atoms with Gasteiger partial charge in [0.25, 0.3) is 0 Å². The van der Waals surface area contributed by atoms with Crippen LogP contribution in [0, 0.1) is 13.8 Å². The fraction of sp³-hybridized carbons (Fsp3) is 0.357. The van der Waals surface area contributed by atoms with Gasteiger partial charge in [0.2, 0.25) is 0 Å². The molecule has 0 aliphatic rings. The highest BCUT2D eigenvalue weighted by molar-refractivity contribution is 5.46. The van der Waals surface area contributed by atoms with E-state index in [1.165, 1.54) is 0 Å². The number of aromatic nitrogens is 1. The Balaban J connectivity index is 2.48. The molecule has 96 valence electrons. The molecule has 0 radical (unpaired) electrons. The van der Waals surface area contributed by atoms with Crippen molar-refractivity contribution in [2.75, 3.05) is 12.3 Å². The largest absolute Gasteiger partial charge is 0.467 e. The highest BCUT2D eigenvalue weighted by Gasteiger charge is 2.21. The molecule has 0 saturated heterocycles. The Kier molecular flexibility index (Phi) is 3.67. The lowest BCUT2D eigenvalue weighted by Crippen LogP contribution is -2.23. The van der Waals surface area contributed by atoms with E-state index in [0.717, 1.165) is 29.0 Å². The summed E-state index contributed by atoms with van der Waals surface area (Å²) in [5.74, 6) is 1.44. The molecule has 0 bridgehead atoms. The van der Waals surface area contributed by atoms with Gasteiger partial charge in [0, 0.05) is 11.8 Å². The molecule has 2 aromatic rings. The standard InChI is InChI=1S/C14H19N3O/c1-4-16-12(13-10(3)5-6-18-13)11-7-9(2)8-17-14(11)15/h5-8,12,16H,4H2,1-3H3,(H2,15,17). The Bertz CT molecular complexity index is 534. The van der Waals surface area contributed by atoms with Crippen LogP contribution in [0.15, 0.2) is 29.0 Å². The first-order valence-corrected chi connectivity index (χ1v) is 6.13. The minimum Gasteiger partial charge on any atom is -0.467 e. The van der Waals surface area contributed by atoms with Gasteiger partial charge in [0.15, 0.2) is 0 Å². The Morgan fingerprint density at radius 3 is 2.83 bits per heavy atom. The molecule has 0 spiro atoms. The van der Waals surface area contributed by atoms with Gasteiger partial charge in [-0.2, -0.15) is 0 Å². The summed E-state index contributed by atoms with van der Waals surface area (Å²) in [5.41, 5.74) is 9.15. The number of nitrogens with zero attached hydrogens (tertiary/aromatic N) is 1. The molecule has 3 N–H and O–H groups in total. The number of nitrogens with one attached hydrogen (secondary N) is 1. The lowest BCUT2D eigenvalue weighted by molar-refractivity contribution is 0.449. The van der Waals surface area contributed by atoms with Crippen LogP contribution in [0.5, 0.6) is 0 Å². The van der Waals surface area contributed by atoms with Crippen molar-refractivity contribution in [2.45, 2.75) is 26.8 Å². The molecule has 1 unspecified atom stereocenters. The zero-order chi connectivity index (χ0) is 13.1. The number of anilines is 1. The van der Waals surface area contributed by atoms with Crippen LogP contribution >= 0.6 is 0 Å². The van der Waals surface area contributed by atoms with Crippen molar-refractivity contribution in [2.24, 2.45) is 0 Å². The van der Waals surface area contributed by atoms with Gasteiger partial charge in [-0.15, -0.1) is 0 Å². The van der Waals surface area contributed by atoms with Crippen LogP contribution < -0.4 is 11.1 Å². The van der Waals surface area contributed by atoms with Crippen LogP contribution in [0.4, 0.5) is 5.82 Å². The van der Waals surface area contributed by atoms with E-state index >= 15 is 0 Å². The van der Waals surface area contributed by atoms with Crippen LogP contribution in [0.3, 0.4) is 0 Å². The van der Waals surface area contributed by atoms with Gasteiger partial charge in [0.1, 0.15) is 11.6 Å². The van der Waals surface area contributed by atoms with Gasteiger partial charge in [0.05, 0.1) is 12.3 Å². The van der Waals surface area contributed by atoms with Gasteiger partial charge in [-0.05, 0) is 43.7 Å². The summed E-state index contributed by atoms with van der Waals surface area (Å²) in [4.78, 5) is 4.22. The van der Waals surface area contributed by atoms with E-state index in [1.54, 1.807) is 12.5 Å². The molecule has 2 heterocycles. The molecule has 2 rings (SSSR count). The van der Waals surface area contributed by atoms with Crippen molar-refractivity contribution in [3.63, 3.8) is 0 Å². The quantitative estimate of drug-likeness (QED) is 0.869. The molecule has 0 fully saturated rings. The van der Waals surface area contributed by atoms with E-state index in [0.29, 0.717) is 5.82 Å². The molecule has 1 atom stereocenters. The lowest BCUT2D eigenvalue weighted by Gasteiger charge is -2.18. The molecule has 4 nitrogen and oxygen atoms in total. The van der Waals surface area contributed by atoms with E-state index in [9.17, 15) is 0 Å². The Hall–Kier alpha value is -1.81. The van der Waals surface area contributed by atoms with Crippen LogP contribution in [0.25, 0.3) is 0 Å². The number of nitrogen functional groups attached to an aromatic ring is 1. The Morgan fingerprint density at radius 2 is 2.22 bits per heavy atom. The summed E-state index contributed by atoms with van der Waals surface area (Å²) in [6.07, 6.45) is 3.48. The van der Waals surface area contributed by atoms with Crippen molar-refractivity contribution in [1.82, 2.24) is 10.3 Å². The molecule has 0 saturated carbocycles. The lowest BCUT2D eigenvalue weighted by atomic mass is 10.0. The van der Waals surface area contributed by atoms with Crippen molar-refractivity contribution >= 4 is 5.82 Å². The molecule has 2 aromatic heterocycles. The fourth-order valence-electron chi connectivity index (χ4n) is 2.06. The molecule has 0 aromatic carbocycles. The van der Waals surface area contributed by atoms with Gasteiger partial charge in [-0.3, -0.25) is 0 Å². The predicted octanol–water partition coefficient (Wildman–Crippen LogP) is 2.57. The minimum atomic E-state index is -0.0441. The zero-order valence-corrected chi connectivity index (χ0v) is 11.0. The topological polar surface area (TPSA) is 64.1 Å². The number of furan rings is 1. The van der Waals surface area contributed by atoms with Gasteiger partial charge in [-0.1, -0.05) is 6.92 Å². The van der Waals surface area contributed by atoms with Crippen molar-refractivity contribution in [3.8, 4) is 0 Å². The van der Waals surface area contributed by atoms with Gasteiger partial charge < -0.3 is 15.5 Å². The van der Waals surface area contributed by atoms with Crippen LogP contribution in [0.2, 0.25) is 0 Å².